The summed E-state index contributed by atoms with van der Waals surface area (Å²) in [6.07, 6.45) is 0. The maximum absolute atomic E-state index is 10.3. The summed E-state index contributed by atoms with van der Waals surface area (Å²) in [5.74, 6) is 0.589. The van der Waals surface area contributed by atoms with Crippen LogP contribution in [0.1, 0.15) is 6.92 Å². The van der Waals surface area contributed by atoms with Crippen molar-refractivity contribution in [2.75, 3.05) is 12.3 Å². The molecule has 1 aromatic rings. The summed E-state index contributed by atoms with van der Waals surface area (Å²) in [7, 11) is 0. The molecular formula is C8H10NO4S-. The average molecular weight is 216 g/mol. The van der Waals surface area contributed by atoms with Crippen LogP contribution in [0.15, 0.2) is 18.2 Å². The summed E-state index contributed by atoms with van der Waals surface area (Å²) < 4.78 is 30.1. The van der Waals surface area contributed by atoms with Crippen LogP contribution >= 0.6 is 0 Å². The number of hydrogen-bond acceptors (Lipinski definition) is 5. The van der Waals surface area contributed by atoms with Gasteiger partial charge < -0.3 is 19.2 Å². The molecular weight excluding hydrogens is 206 g/mol. The molecule has 6 heteroatoms. The Balaban J connectivity index is 2.90. The number of rotatable bonds is 4. The Bertz CT molecular complexity index is 342. The first kappa shape index (κ1) is 10.8. The minimum atomic E-state index is -2.62. The van der Waals surface area contributed by atoms with E-state index in [4.69, 9.17) is 10.5 Å². The van der Waals surface area contributed by atoms with E-state index in [1.54, 1.807) is 6.07 Å². The lowest BCUT2D eigenvalue weighted by molar-refractivity contribution is 0.339. The summed E-state index contributed by atoms with van der Waals surface area (Å²) in [6.45, 7) is 2.31. The molecule has 0 bridgehead atoms. The molecule has 0 aromatic heterocycles. The lowest BCUT2D eigenvalue weighted by Crippen LogP contribution is -2.01. The third-order valence-electron chi connectivity index (χ3n) is 1.45. The molecule has 0 amide bonds. The minimum Gasteiger partial charge on any atom is -0.740 e. The van der Waals surface area contributed by atoms with E-state index in [9.17, 15) is 8.76 Å². The zero-order valence-electron chi connectivity index (χ0n) is 7.56. The molecule has 1 unspecified atom stereocenters. The van der Waals surface area contributed by atoms with Crippen molar-refractivity contribution < 1.29 is 17.7 Å². The molecule has 0 heterocycles. The van der Waals surface area contributed by atoms with Gasteiger partial charge in [-0.05, 0) is 19.1 Å². The van der Waals surface area contributed by atoms with Gasteiger partial charge in [-0.15, -0.1) is 0 Å². The number of benzene rings is 1. The highest BCUT2D eigenvalue weighted by Crippen LogP contribution is 2.27. The average Bonchev–Trinajstić information content (AvgIpc) is 2.10. The summed E-state index contributed by atoms with van der Waals surface area (Å²) >= 11 is -2.62. The van der Waals surface area contributed by atoms with Crippen LogP contribution in [0.3, 0.4) is 0 Å². The fourth-order valence-electron chi connectivity index (χ4n) is 0.917. The number of anilines is 1. The summed E-state index contributed by atoms with van der Waals surface area (Å²) in [6, 6.07) is 4.58. The monoisotopic (exact) mass is 216 g/mol. The lowest BCUT2D eigenvalue weighted by atomic mass is 10.3. The van der Waals surface area contributed by atoms with E-state index in [1.807, 2.05) is 6.92 Å². The van der Waals surface area contributed by atoms with Gasteiger partial charge in [-0.2, -0.15) is 0 Å². The predicted molar refractivity (Wildman–Crippen MR) is 51.6 cm³/mol. The number of nitrogen functional groups attached to an aromatic ring is 1. The van der Waals surface area contributed by atoms with E-state index in [0.717, 1.165) is 0 Å². The third-order valence-corrected chi connectivity index (χ3v) is 1.77. The molecule has 1 rings (SSSR count). The number of hydrogen-bond donors (Lipinski definition) is 1. The second-order valence-corrected chi connectivity index (χ2v) is 3.00. The maximum Gasteiger partial charge on any atom is 0.165 e. The Morgan fingerprint density at radius 2 is 2.29 bits per heavy atom. The molecule has 1 atom stereocenters. The van der Waals surface area contributed by atoms with Gasteiger partial charge in [0.25, 0.3) is 0 Å². The highest BCUT2D eigenvalue weighted by Gasteiger charge is 2.03. The Kier molecular flexibility index (Phi) is 3.73. The molecule has 14 heavy (non-hydrogen) atoms. The van der Waals surface area contributed by atoms with Crippen LogP contribution in [-0.4, -0.2) is 15.4 Å². The highest BCUT2D eigenvalue weighted by molar-refractivity contribution is 7.74. The Hall–Kier alpha value is -1.27. The van der Waals surface area contributed by atoms with Crippen molar-refractivity contribution in [1.82, 2.24) is 0 Å². The normalized spacial score (nSPS) is 12.1. The van der Waals surface area contributed by atoms with E-state index >= 15 is 0 Å². The SMILES string of the molecule is CCOc1ccc(N)c(OS(=O)[O-])c1. The van der Waals surface area contributed by atoms with Crippen molar-refractivity contribution in [2.45, 2.75) is 6.92 Å². The summed E-state index contributed by atoms with van der Waals surface area (Å²) in [4.78, 5) is 0. The van der Waals surface area contributed by atoms with Gasteiger partial charge in [0.05, 0.1) is 12.3 Å². The van der Waals surface area contributed by atoms with Crippen LogP contribution in [0.5, 0.6) is 11.5 Å². The molecule has 0 radical (unpaired) electrons. The van der Waals surface area contributed by atoms with Gasteiger partial charge in [0.2, 0.25) is 0 Å². The topological polar surface area (TPSA) is 84.6 Å². The molecule has 2 N–H and O–H groups in total. The van der Waals surface area contributed by atoms with Crippen LogP contribution in [0.2, 0.25) is 0 Å². The molecule has 0 aliphatic rings. The smallest absolute Gasteiger partial charge is 0.165 e. The largest absolute Gasteiger partial charge is 0.740 e. The van der Waals surface area contributed by atoms with E-state index in [0.29, 0.717) is 12.4 Å². The first-order valence-corrected chi connectivity index (χ1v) is 4.93. The fourth-order valence-corrected chi connectivity index (χ4v) is 1.21. The second kappa shape index (κ2) is 4.83. The van der Waals surface area contributed by atoms with Crippen LogP contribution in [0.4, 0.5) is 5.69 Å². The number of ether oxygens (including phenoxy) is 1. The lowest BCUT2D eigenvalue weighted by Gasteiger charge is -2.11. The van der Waals surface area contributed by atoms with Crippen LogP contribution < -0.4 is 14.7 Å². The van der Waals surface area contributed by atoms with Gasteiger partial charge in [-0.25, -0.2) is 4.21 Å². The van der Waals surface area contributed by atoms with E-state index in [-0.39, 0.29) is 11.4 Å². The molecule has 0 fully saturated rings. The quantitative estimate of drug-likeness (QED) is 0.595. The molecule has 5 nitrogen and oxygen atoms in total. The molecule has 78 valence electrons. The second-order valence-electron chi connectivity index (χ2n) is 2.42. The van der Waals surface area contributed by atoms with Gasteiger partial charge in [0.1, 0.15) is 17.1 Å². The van der Waals surface area contributed by atoms with Gasteiger partial charge in [-0.3, -0.25) is 0 Å². The molecule has 1 aromatic carbocycles. The van der Waals surface area contributed by atoms with Gasteiger partial charge in [0.15, 0.2) is 5.75 Å². The van der Waals surface area contributed by atoms with Gasteiger partial charge >= 0.3 is 0 Å². The Morgan fingerprint density at radius 3 is 2.86 bits per heavy atom. The van der Waals surface area contributed by atoms with Crippen LogP contribution in [0.25, 0.3) is 0 Å². The van der Waals surface area contributed by atoms with Crippen molar-refractivity contribution in [3.8, 4) is 11.5 Å². The molecule has 0 saturated heterocycles. The number of nitrogens with two attached hydrogens (primary N) is 1. The van der Waals surface area contributed by atoms with Crippen molar-refractivity contribution in [2.24, 2.45) is 0 Å². The summed E-state index contributed by atoms with van der Waals surface area (Å²) in [5.41, 5.74) is 5.73. The van der Waals surface area contributed by atoms with Gasteiger partial charge in [0, 0.05) is 6.07 Å². The van der Waals surface area contributed by atoms with Crippen LogP contribution in [-0.2, 0) is 11.4 Å². The zero-order chi connectivity index (χ0) is 10.6. The third kappa shape index (κ3) is 2.90. The van der Waals surface area contributed by atoms with Crippen molar-refractivity contribution in [3.63, 3.8) is 0 Å². The van der Waals surface area contributed by atoms with Crippen molar-refractivity contribution >= 4 is 17.0 Å². The molecule has 0 aliphatic heterocycles. The predicted octanol–water partition coefficient (Wildman–Crippen LogP) is 0.840. The first-order valence-electron chi connectivity index (χ1n) is 3.93. The Labute approximate surface area is 84.3 Å². The molecule has 0 saturated carbocycles. The van der Waals surface area contributed by atoms with Crippen LogP contribution in [0, 0.1) is 0 Å². The first-order chi connectivity index (χ1) is 6.63. The standard InChI is InChI=1S/C8H11NO4S/c1-2-12-6-3-4-7(9)8(5-6)13-14(10)11/h3-5H,2,9H2,1H3,(H,10,11)/p-1. The van der Waals surface area contributed by atoms with E-state index in [2.05, 4.69) is 4.18 Å². The summed E-state index contributed by atoms with van der Waals surface area (Å²) in [5, 5.41) is 0. The minimum absolute atomic E-state index is 0.0734. The highest BCUT2D eigenvalue weighted by atomic mass is 32.2. The van der Waals surface area contributed by atoms with Gasteiger partial charge in [-0.1, -0.05) is 0 Å². The molecule has 0 aliphatic carbocycles. The van der Waals surface area contributed by atoms with Crippen molar-refractivity contribution in [3.05, 3.63) is 18.2 Å². The van der Waals surface area contributed by atoms with E-state index in [1.165, 1.54) is 12.1 Å². The van der Waals surface area contributed by atoms with Crippen molar-refractivity contribution in [1.29, 1.82) is 0 Å². The molecule has 0 spiro atoms. The Morgan fingerprint density at radius 1 is 1.57 bits per heavy atom. The zero-order valence-corrected chi connectivity index (χ0v) is 8.37. The van der Waals surface area contributed by atoms with E-state index < -0.39 is 11.4 Å². The fraction of sp³-hybridized carbons (Fsp3) is 0.250. The maximum atomic E-state index is 10.3.